The average Bonchev–Trinajstić information content (AvgIpc) is 3.37. The molecule has 6 rings (SSSR count). The van der Waals surface area contributed by atoms with E-state index in [9.17, 15) is 42.3 Å². The summed E-state index contributed by atoms with van der Waals surface area (Å²) in [5.74, 6) is -24.9. The number of ether oxygens (including phenoxy) is 1. The lowest BCUT2D eigenvalue weighted by Crippen LogP contribution is -2.60. The fourth-order valence-electron chi connectivity index (χ4n) is 7.38. The number of methoxy groups -OCH3 is 1. The van der Waals surface area contributed by atoms with Gasteiger partial charge in [0.05, 0.1) is 25.4 Å². The molecule has 0 spiro atoms. The highest BCUT2D eigenvalue weighted by Gasteiger charge is 2.77. The van der Waals surface area contributed by atoms with Gasteiger partial charge in [-0.15, -0.1) is 23.2 Å². The van der Waals surface area contributed by atoms with Crippen molar-refractivity contribution in [2.75, 3.05) is 18.6 Å². The summed E-state index contributed by atoms with van der Waals surface area (Å²) in [7, 11) is 1.19. The van der Waals surface area contributed by atoms with E-state index >= 15 is 8.78 Å². The third-order valence-corrected chi connectivity index (χ3v) is 11.3. The molecule has 254 valence electrons. The Hall–Kier alpha value is -3.76. The van der Waals surface area contributed by atoms with Crippen molar-refractivity contribution in [1.29, 1.82) is 0 Å². The molecule has 4 aliphatic rings. The quantitative estimate of drug-likeness (QED) is 0.105. The van der Waals surface area contributed by atoms with Crippen LogP contribution in [-0.2, 0) is 24.0 Å². The van der Waals surface area contributed by atoms with Crippen molar-refractivity contribution < 1.29 is 60.9 Å². The standard InChI is InChI=1S/C30H20BrCl2F5N2O8/c1-48-14-7-9(31)6-12(24(14)43)17-10-2-3-11-16(26(45)39(25(11)44)5-4-15(41)42)13(10)8-29(32)27(46)40(28(47)30(17,29)33)23-21(37)19(35)18(34)20(36)22(23)38/h2,6-7,11,13,16-17,43H,3-5,8H2,1H3,(H,41,42). The van der Waals surface area contributed by atoms with Crippen LogP contribution >= 0.6 is 39.1 Å². The van der Waals surface area contributed by atoms with Crippen LogP contribution in [0, 0.1) is 46.8 Å². The second kappa shape index (κ2) is 11.4. The average molecular weight is 782 g/mol. The summed E-state index contributed by atoms with van der Waals surface area (Å²) in [4.78, 5) is 61.5. The largest absolute Gasteiger partial charge is 0.504 e. The van der Waals surface area contributed by atoms with E-state index in [0.717, 1.165) is 4.90 Å². The van der Waals surface area contributed by atoms with Crippen LogP contribution < -0.4 is 9.64 Å². The molecule has 2 heterocycles. The van der Waals surface area contributed by atoms with E-state index in [1.165, 1.54) is 25.3 Å². The van der Waals surface area contributed by atoms with Gasteiger partial charge in [0, 0.05) is 22.5 Å². The fraction of sp³-hybridized carbons (Fsp3) is 0.367. The SMILES string of the molecule is COc1cc(Br)cc(C2C3=CCC4C(=O)N(CCC(=O)O)C(=O)C4C3CC3(Cl)C(=O)N(c4c(F)c(F)c(F)c(F)c4F)C(=O)C23Cl)c1O. The Balaban J connectivity index is 1.60. The van der Waals surface area contributed by atoms with Crippen LogP contribution in [-0.4, -0.2) is 68.1 Å². The number of anilines is 1. The number of hydrogen-bond donors (Lipinski definition) is 2. The van der Waals surface area contributed by atoms with Crippen LogP contribution in [0.15, 0.2) is 28.3 Å². The first kappa shape index (κ1) is 34.1. The lowest BCUT2D eigenvalue weighted by molar-refractivity contribution is -0.142. The van der Waals surface area contributed by atoms with E-state index in [4.69, 9.17) is 33.0 Å². The summed E-state index contributed by atoms with van der Waals surface area (Å²) in [5.41, 5.74) is -2.08. The molecule has 2 N–H and O–H groups in total. The Labute approximate surface area is 285 Å². The number of aliphatic carboxylic acids is 1. The summed E-state index contributed by atoms with van der Waals surface area (Å²) in [6.45, 7) is -0.480. The van der Waals surface area contributed by atoms with Gasteiger partial charge in [0.15, 0.2) is 44.5 Å². The van der Waals surface area contributed by atoms with Gasteiger partial charge in [0.1, 0.15) is 5.69 Å². The van der Waals surface area contributed by atoms with Crippen LogP contribution in [0.2, 0.25) is 0 Å². The predicted molar refractivity (Wildman–Crippen MR) is 158 cm³/mol. The number of aromatic hydroxyl groups is 1. The number of nitrogens with zero attached hydrogens (tertiary/aromatic N) is 2. The van der Waals surface area contributed by atoms with Crippen molar-refractivity contribution in [3.05, 3.63) is 62.9 Å². The molecule has 18 heteroatoms. The summed E-state index contributed by atoms with van der Waals surface area (Å²) in [6.07, 6.45) is -0.0482. The van der Waals surface area contributed by atoms with E-state index in [1.807, 2.05) is 0 Å². The minimum Gasteiger partial charge on any atom is -0.504 e. The number of phenolic OH excluding ortho intramolecular Hbond substituents is 1. The molecule has 2 aromatic rings. The normalized spacial score (nSPS) is 29.6. The van der Waals surface area contributed by atoms with Crippen LogP contribution in [0.5, 0.6) is 11.5 Å². The first-order chi connectivity index (χ1) is 22.4. The summed E-state index contributed by atoms with van der Waals surface area (Å²) in [5, 5.41) is 20.5. The Morgan fingerprint density at radius 1 is 0.979 bits per heavy atom. The lowest BCUT2D eigenvalue weighted by atomic mass is 9.56. The van der Waals surface area contributed by atoms with E-state index < -0.39 is 123 Å². The van der Waals surface area contributed by atoms with Gasteiger partial charge in [-0.3, -0.25) is 28.9 Å². The van der Waals surface area contributed by atoms with Gasteiger partial charge < -0.3 is 14.9 Å². The van der Waals surface area contributed by atoms with Crippen molar-refractivity contribution in [3.63, 3.8) is 0 Å². The highest BCUT2D eigenvalue weighted by atomic mass is 79.9. The maximum atomic E-state index is 15.1. The number of imide groups is 2. The molecule has 2 aliphatic carbocycles. The number of halogens is 8. The number of hydrogen-bond acceptors (Lipinski definition) is 7. The smallest absolute Gasteiger partial charge is 0.305 e. The molecular weight excluding hydrogens is 762 g/mol. The van der Waals surface area contributed by atoms with Crippen LogP contribution in [0.4, 0.5) is 27.6 Å². The molecule has 0 aromatic heterocycles. The van der Waals surface area contributed by atoms with Crippen molar-refractivity contribution >= 4 is 74.4 Å². The molecule has 2 saturated heterocycles. The van der Waals surface area contributed by atoms with Gasteiger partial charge in [-0.05, 0) is 30.9 Å². The predicted octanol–water partition coefficient (Wildman–Crippen LogP) is 4.90. The zero-order chi connectivity index (χ0) is 35.4. The van der Waals surface area contributed by atoms with E-state index in [1.54, 1.807) is 0 Å². The number of amides is 4. The molecular formula is C30H20BrCl2F5N2O8. The van der Waals surface area contributed by atoms with Crippen LogP contribution in [0.3, 0.4) is 0 Å². The number of carbonyl (C=O) groups excluding carboxylic acids is 4. The molecule has 4 amide bonds. The second-order valence-corrected chi connectivity index (χ2v) is 13.9. The molecule has 48 heavy (non-hydrogen) atoms. The van der Waals surface area contributed by atoms with Crippen molar-refractivity contribution in [2.45, 2.75) is 34.9 Å². The molecule has 2 aliphatic heterocycles. The lowest BCUT2D eigenvalue weighted by Gasteiger charge is -2.50. The minimum atomic E-state index is -2.85. The summed E-state index contributed by atoms with van der Waals surface area (Å²) >= 11 is 17.3. The van der Waals surface area contributed by atoms with Crippen molar-refractivity contribution in [1.82, 2.24) is 4.90 Å². The molecule has 2 aromatic carbocycles. The number of benzene rings is 2. The number of alkyl halides is 2. The Kier molecular flexibility index (Phi) is 8.11. The van der Waals surface area contributed by atoms with Gasteiger partial charge in [0.2, 0.25) is 17.6 Å². The Morgan fingerprint density at radius 3 is 2.17 bits per heavy atom. The number of carbonyl (C=O) groups is 5. The zero-order valence-electron chi connectivity index (χ0n) is 24.1. The minimum absolute atomic E-state index is 0.0969. The molecule has 3 fully saturated rings. The second-order valence-electron chi connectivity index (χ2n) is 11.7. The Morgan fingerprint density at radius 2 is 1.58 bits per heavy atom. The third kappa shape index (κ3) is 4.37. The van der Waals surface area contributed by atoms with E-state index in [2.05, 4.69) is 15.9 Å². The van der Waals surface area contributed by atoms with Crippen LogP contribution in [0.25, 0.3) is 0 Å². The van der Waals surface area contributed by atoms with Gasteiger partial charge in [-0.1, -0.05) is 27.6 Å². The zero-order valence-corrected chi connectivity index (χ0v) is 27.2. The van der Waals surface area contributed by atoms with Crippen LogP contribution in [0.1, 0.15) is 30.7 Å². The monoisotopic (exact) mass is 780 g/mol. The topological polar surface area (TPSA) is 142 Å². The van der Waals surface area contributed by atoms with Gasteiger partial charge in [-0.25, -0.2) is 26.9 Å². The van der Waals surface area contributed by atoms with Crippen molar-refractivity contribution in [3.8, 4) is 11.5 Å². The first-order valence-corrected chi connectivity index (χ1v) is 15.6. The highest BCUT2D eigenvalue weighted by molar-refractivity contribution is 9.10. The number of allylic oxidation sites excluding steroid dienone is 2. The van der Waals surface area contributed by atoms with Gasteiger partial charge in [0.25, 0.3) is 11.8 Å². The van der Waals surface area contributed by atoms with E-state index in [0.29, 0.717) is 0 Å². The number of fused-ring (bicyclic) bond motifs is 4. The summed E-state index contributed by atoms with van der Waals surface area (Å²) in [6, 6.07) is 2.58. The van der Waals surface area contributed by atoms with Gasteiger partial charge in [-0.2, -0.15) is 0 Å². The molecule has 0 bridgehead atoms. The molecule has 0 radical (unpaired) electrons. The number of likely N-dealkylation sites (tertiary alicyclic amines) is 1. The molecule has 6 unspecified atom stereocenters. The molecule has 6 atom stereocenters. The number of carboxylic acid groups (broad SMARTS) is 1. The fourth-order valence-corrected chi connectivity index (χ4v) is 8.76. The molecule has 1 saturated carbocycles. The third-order valence-electron chi connectivity index (χ3n) is 9.46. The molecule has 10 nitrogen and oxygen atoms in total. The number of rotatable bonds is 6. The maximum absolute atomic E-state index is 15.1. The van der Waals surface area contributed by atoms with Gasteiger partial charge >= 0.3 is 5.97 Å². The van der Waals surface area contributed by atoms with Crippen molar-refractivity contribution in [2.24, 2.45) is 17.8 Å². The maximum Gasteiger partial charge on any atom is 0.305 e. The number of phenols is 1. The number of carboxylic acids is 1. The Bertz CT molecular complexity index is 1890. The summed E-state index contributed by atoms with van der Waals surface area (Å²) < 4.78 is 78.4. The highest BCUT2D eigenvalue weighted by Crippen LogP contribution is 2.67. The van der Waals surface area contributed by atoms with E-state index in [-0.39, 0.29) is 32.7 Å². The first-order valence-electron chi connectivity index (χ1n) is 14.1.